The fraction of sp³-hybridized carbons (Fsp3) is 0. The molecule has 0 atom stereocenters. The zero-order valence-corrected chi connectivity index (χ0v) is 20.9. The predicted molar refractivity (Wildman–Crippen MR) is 122 cm³/mol. The first-order valence-electron chi connectivity index (χ1n) is 9.05. The molecule has 0 saturated heterocycles. The first-order valence-corrected chi connectivity index (χ1v) is 11.9. The van der Waals surface area contributed by atoms with Gasteiger partial charge in [-0.1, -0.05) is 143 Å². The minimum atomic E-state index is -0.534. The third kappa shape index (κ3) is 5.71. The molecule has 0 aliphatic heterocycles. The SMILES string of the molecule is [K+].c1ccc(P([CH-]P(c2ccccc2)c2ccccc2)c2ccccc2)cc1. The smallest absolute Gasteiger partial charge is 0.259 e. The van der Waals surface area contributed by atoms with E-state index in [1.54, 1.807) is 0 Å². The monoisotopic (exact) mass is 422 g/mol. The van der Waals surface area contributed by atoms with Crippen LogP contribution >= 0.6 is 15.8 Å². The minimum Gasteiger partial charge on any atom is -0.259 e. The van der Waals surface area contributed by atoms with E-state index in [0.29, 0.717) is 0 Å². The van der Waals surface area contributed by atoms with E-state index in [1.165, 1.54) is 21.2 Å². The van der Waals surface area contributed by atoms with Gasteiger partial charge in [-0.25, -0.2) is 0 Å². The summed E-state index contributed by atoms with van der Waals surface area (Å²) < 4.78 is 0. The second kappa shape index (κ2) is 11.5. The second-order valence-electron chi connectivity index (χ2n) is 6.20. The first kappa shape index (κ1) is 22.1. The van der Waals surface area contributed by atoms with E-state index < -0.39 is 15.8 Å². The van der Waals surface area contributed by atoms with Crippen molar-refractivity contribution in [2.75, 3.05) is 0 Å². The van der Waals surface area contributed by atoms with Gasteiger partial charge in [-0.15, -0.1) is 0 Å². The van der Waals surface area contributed by atoms with E-state index >= 15 is 0 Å². The van der Waals surface area contributed by atoms with Crippen LogP contribution < -0.4 is 72.6 Å². The number of rotatable bonds is 6. The van der Waals surface area contributed by atoms with E-state index in [1.807, 2.05) is 0 Å². The maximum absolute atomic E-state index is 2.61. The summed E-state index contributed by atoms with van der Waals surface area (Å²) in [5.74, 6) is 2.61. The Kier molecular flexibility index (Phi) is 9.09. The minimum absolute atomic E-state index is 0. The normalized spacial score (nSPS) is 10.6. The molecule has 0 heterocycles. The molecule has 0 aliphatic carbocycles. The van der Waals surface area contributed by atoms with Gasteiger partial charge < -0.3 is 0 Å². The van der Waals surface area contributed by atoms with Crippen molar-refractivity contribution in [1.29, 1.82) is 0 Å². The summed E-state index contributed by atoms with van der Waals surface area (Å²) in [5.41, 5.74) is 0. The Morgan fingerprint density at radius 2 is 0.571 bits per heavy atom. The Balaban J connectivity index is 0.00000225. The molecule has 4 aromatic rings. The Labute approximate surface area is 213 Å². The second-order valence-corrected chi connectivity index (χ2v) is 10.7. The van der Waals surface area contributed by atoms with Gasteiger partial charge in [0, 0.05) is 0 Å². The summed E-state index contributed by atoms with van der Waals surface area (Å²) in [4.78, 5) is 0. The van der Waals surface area contributed by atoms with Crippen LogP contribution in [0.3, 0.4) is 0 Å². The molecule has 0 unspecified atom stereocenters. The Hall–Kier alpha value is -0.624. The number of hydrogen-bond acceptors (Lipinski definition) is 0. The fourth-order valence-electron chi connectivity index (χ4n) is 3.03. The molecule has 0 radical (unpaired) electrons. The van der Waals surface area contributed by atoms with Crippen LogP contribution in [0.2, 0.25) is 0 Å². The van der Waals surface area contributed by atoms with Crippen molar-refractivity contribution in [2.24, 2.45) is 0 Å². The number of hydrogen-bond donors (Lipinski definition) is 0. The molecule has 132 valence electrons. The molecule has 0 nitrogen and oxygen atoms in total. The van der Waals surface area contributed by atoms with Crippen LogP contribution in [0.15, 0.2) is 121 Å². The molecule has 0 bridgehead atoms. The fourth-order valence-corrected chi connectivity index (χ4v) is 8.66. The molecule has 0 aliphatic rings. The van der Waals surface area contributed by atoms with Gasteiger partial charge in [0.1, 0.15) is 0 Å². The maximum Gasteiger partial charge on any atom is 1.00 e. The summed E-state index contributed by atoms with van der Waals surface area (Å²) in [6, 6.07) is 43.7. The molecule has 3 heteroatoms. The molecule has 0 amide bonds. The third-order valence-electron chi connectivity index (χ3n) is 4.37. The Bertz CT molecular complexity index is 785. The van der Waals surface area contributed by atoms with E-state index in [4.69, 9.17) is 0 Å². The summed E-state index contributed by atoms with van der Waals surface area (Å²) in [7, 11) is -1.07. The molecular formula is C25H21KP2. The average Bonchev–Trinajstić information content (AvgIpc) is 2.77. The predicted octanol–water partition coefficient (Wildman–Crippen LogP) is 2.38. The molecule has 0 spiro atoms. The van der Waals surface area contributed by atoms with Crippen LogP contribution in [-0.2, 0) is 0 Å². The largest absolute Gasteiger partial charge is 1.00 e. The molecule has 0 fully saturated rings. The van der Waals surface area contributed by atoms with Crippen molar-refractivity contribution in [3.8, 4) is 0 Å². The van der Waals surface area contributed by atoms with Crippen LogP contribution in [0.1, 0.15) is 0 Å². The van der Waals surface area contributed by atoms with E-state index in [0.717, 1.165) is 0 Å². The van der Waals surface area contributed by atoms with Gasteiger partial charge in [-0.2, -0.15) is 15.8 Å². The molecule has 4 rings (SSSR count). The van der Waals surface area contributed by atoms with E-state index in [9.17, 15) is 0 Å². The summed E-state index contributed by atoms with van der Waals surface area (Å²) in [6.45, 7) is 0. The molecule has 28 heavy (non-hydrogen) atoms. The summed E-state index contributed by atoms with van der Waals surface area (Å²) >= 11 is 0. The molecule has 0 aromatic heterocycles. The molecular weight excluding hydrogens is 401 g/mol. The zero-order valence-electron chi connectivity index (χ0n) is 16.0. The maximum atomic E-state index is 2.61. The van der Waals surface area contributed by atoms with Gasteiger partial charge in [0.2, 0.25) is 0 Å². The standard InChI is InChI=1S/C25H21P2.K/c1-5-13-22(14-6-1)26(23-15-7-2-8-16-23)21-27(24-17-9-3-10-18-24)25-19-11-4-12-20-25;/h1-21H;/q-1;+1. The van der Waals surface area contributed by atoms with Crippen LogP contribution in [0.5, 0.6) is 0 Å². The van der Waals surface area contributed by atoms with Crippen LogP contribution in [0.4, 0.5) is 0 Å². The van der Waals surface area contributed by atoms with Gasteiger partial charge >= 0.3 is 51.4 Å². The molecule has 0 N–H and O–H groups in total. The van der Waals surface area contributed by atoms with Gasteiger partial charge in [0.15, 0.2) is 0 Å². The van der Waals surface area contributed by atoms with Gasteiger partial charge in [0.25, 0.3) is 0 Å². The average molecular weight is 422 g/mol. The first-order chi connectivity index (χ1) is 13.4. The van der Waals surface area contributed by atoms with Gasteiger partial charge in [0.05, 0.1) is 0 Å². The Morgan fingerprint density at radius 1 is 0.357 bits per heavy atom. The van der Waals surface area contributed by atoms with Crippen molar-refractivity contribution in [1.82, 2.24) is 0 Å². The van der Waals surface area contributed by atoms with Crippen molar-refractivity contribution in [2.45, 2.75) is 0 Å². The summed E-state index contributed by atoms with van der Waals surface area (Å²) in [6.07, 6.45) is 0. The zero-order chi connectivity index (χ0) is 18.3. The van der Waals surface area contributed by atoms with E-state index in [-0.39, 0.29) is 51.4 Å². The Morgan fingerprint density at radius 3 is 0.786 bits per heavy atom. The van der Waals surface area contributed by atoms with Crippen molar-refractivity contribution < 1.29 is 51.4 Å². The van der Waals surface area contributed by atoms with Crippen LogP contribution in [-0.4, -0.2) is 0 Å². The third-order valence-corrected chi connectivity index (χ3v) is 9.63. The number of benzene rings is 4. The van der Waals surface area contributed by atoms with E-state index in [2.05, 4.69) is 127 Å². The van der Waals surface area contributed by atoms with Crippen molar-refractivity contribution >= 4 is 37.1 Å². The van der Waals surface area contributed by atoms with Crippen molar-refractivity contribution in [3.63, 3.8) is 0 Å². The quantitative estimate of drug-likeness (QED) is 0.254. The van der Waals surface area contributed by atoms with Gasteiger partial charge in [-0.3, -0.25) is 5.90 Å². The molecule has 4 aromatic carbocycles. The topological polar surface area (TPSA) is 0 Å². The molecule has 0 saturated carbocycles. The van der Waals surface area contributed by atoms with Crippen LogP contribution in [0, 0.1) is 5.90 Å². The van der Waals surface area contributed by atoms with Gasteiger partial charge in [-0.05, 0) is 0 Å². The van der Waals surface area contributed by atoms with Crippen molar-refractivity contribution in [3.05, 3.63) is 127 Å². The van der Waals surface area contributed by atoms with Crippen LogP contribution in [0.25, 0.3) is 0 Å². The summed E-state index contributed by atoms with van der Waals surface area (Å²) in [5, 5.41) is 5.60.